The number of hydrogen-bond acceptors (Lipinski definition) is 1. The average Bonchev–Trinajstić information content (AvgIpc) is 2.12. The predicted molar refractivity (Wildman–Crippen MR) is 61.1 cm³/mol. The van der Waals surface area contributed by atoms with E-state index >= 15 is 0 Å². The van der Waals surface area contributed by atoms with Crippen molar-refractivity contribution < 1.29 is 0 Å². The topological polar surface area (TPSA) is 12.0 Å². The molecule has 0 rings (SSSR count). The fourth-order valence-electron chi connectivity index (χ4n) is 1.89. The Bertz CT molecular complexity index is 114. The summed E-state index contributed by atoms with van der Waals surface area (Å²) >= 11 is 0. The summed E-state index contributed by atoms with van der Waals surface area (Å²) in [5.74, 6) is 0. The Morgan fingerprint density at radius 1 is 1.08 bits per heavy atom. The minimum absolute atomic E-state index is 0.555. The first-order chi connectivity index (χ1) is 6.10. The van der Waals surface area contributed by atoms with Gasteiger partial charge in [-0.25, -0.2) is 0 Å². The molecule has 0 heterocycles. The van der Waals surface area contributed by atoms with E-state index < -0.39 is 0 Å². The molecule has 0 fully saturated rings. The third-order valence-corrected chi connectivity index (χ3v) is 3.17. The molecule has 1 heteroatoms. The van der Waals surface area contributed by atoms with Gasteiger partial charge in [-0.1, -0.05) is 41.0 Å². The smallest absolute Gasteiger partial charge is 0.00106 e. The van der Waals surface area contributed by atoms with Crippen molar-refractivity contribution in [2.45, 2.75) is 66.3 Å². The molecule has 1 nitrogen and oxygen atoms in total. The summed E-state index contributed by atoms with van der Waals surface area (Å²) in [5.41, 5.74) is 0.555. The van der Waals surface area contributed by atoms with Crippen LogP contribution in [0.3, 0.4) is 0 Å². The van der Waals surface area contributed by atoms with Crippen molar-refractivity contribution in [2.75, 3.05) is 6.54 Å². The lowest BCUT2D eigenvalue weighted by Gasteiger charge is -2.32. The Morgan fingerprint density at radius 3 is 1.92 bits per heavy atom. The fraction of sp³-hybridized carbons (Fsp3) is 1.00. The molecule has 0 aliphatic rings. The first kappa shape index (κ1) is 13.0. The standard InChI is InChI=1S/C12H27N/c1-6-9-12(7-2,8-3)10-13-11(4)5/h11,13H,6-10H2,1-5H3. The van der Waals surface area contributed by atoms with Crippen molar-refractivity contribution in [2.24, 2.45) is 5.41 Å². The maximum Gasteiger partial charge on any atom is 0.00106 e. The van der Waals surface area contributed by atoms with Gasteiger partial charge in [0.2, 0.25) is 0 Å². The molecule has 0 aromatic rings. The van der Waals surface area contributed by atoms with Crippen LogP contribution in [0.5, 0.6) is 0 Å². The van der Waals surface area contributed by atoms with Gasteiger partial charge < -0.3 is 5.32 Å². The summed E-state index contributed by atoms with van der Waals surface area (Å²) in [6.07, 6.45) is 5.27. The number of hydrogen-bond donors (Lipinski definition) is 1. The predicted octanol–water partition coefficient (Wildman–Crippen LogP) is 3.59. The zero-order valence-electron chi connectivity index (χ0n) is 10.1. The highest BCUT2D eigenvalue weighted by molar-refractivity contribution is 4.79. The molecule has 0 unspecified atom stereocenters. The zero-order chi connectivity index (χ0) is 10.3. The molecule has 13 heavy (non-hydrogen) atoms. The van der Waals surface area contributed by atoms with Gasteiger partial charge in [0.25, 0.3) is 0 Å². The van der Waals surface area contributed by atoms with E-state index in [0.717, 1.165) is 0 Å². The first-order valence-corrected chi connectivity index (χ1v) is 5.83. The highest BCUT2D eigenvalue weighted by Crippen LogP contribution is 2.31. The Kier molecular flexibility index (Phi) is 6.40. The minimum atomic E-state index is 0.555. The van der Waals surface area contributed by atoms with E-state index in [0.29, 0.717) is 11.5 Å². The molecule has 0 aromatic carbocycles. The lowest BCUT2D eigenvalue weighted by atomic mass is 9.78. The molecule has 0 atom stereocenters. The third-order valence-electron chi connectivity index (χ3n) is 3.17. The summed E-state index contributed by atoms with van der Waals surface area (Å²) in [6.45, 7) is 12.6. The molecule has 0 saturated carbocycles. The van der Waals surface area contributed by atoms with Gasteiger partial charge in [0.1, 0.15) is 0 Å². The van der Waals surface area contributed by atoms with E-state index in [9.17, 15) is 0 Å². The van der Waals surface area contributed by atoms with Crippen molar-refractivity contribution >= 4 is 0 Å². The Labute approximate surface area is 84.3 Å². The molecule has 0 aliphatic carbocycles. The maximum absolute atomic E-state index is 3.57. The SMILES string of the molecule is CCCC(CC)(CC)CNC(C)C. The van der Waals surface area contributed by atoms with Crippen LogP contribution in [-0.2, 0) is 0 Å². The monoisotopic (exact) mass is 185 g/mol. The highest BCUT2D eigenvalue weighted by Gasteiger charge is 2.24. The highest BCUT2D eigenvalue weighted by atomic mass is 14.9. The summed E-state index contributed by atoms with van der Waals surface area (Å²) in [5, 5.41) is 3.57. The number of nitrogens with one attached hydrogen (secondary N) is 1. The number of rotatable bonds is 7. The maximum atomic E-state index is 3.57. The summed E-state index contributed by atoms with van der Waals surface area (Å²) in [4.78, 5) is 0. The van der Waals surface area contributed by atoms with Crippen LogP contribution in [0.2, 0.25) is 0 Å². The Balaban J connectivity index is 4.04. The fourth-order valence-corrected chi connectivity index (χ4v) is 1.89. The van der Waals surface area contributed by atoms with Crippen LogP contribution in [0.4, 0.5) is 0 Å². The van der Waals surface area contributed by atoms with Crippen LogP contribution in [0.15, 0.2) is 0 Å². The van der Waals surface area contributed by atoms with Gasteiger partial charge in [-0.05, 0) is 24.7 Å². The van der Waals surface area contributed by atoms with Gasteiger partial charge in [-0.3, -0.25) is 0 Å². The normalized spacial score (nSPS) is 12.5. The lowest BCUT2D eigenvalue weighted by Crippen LogP contribution is -2.36. The van der Waals surface area contributed by atoms with Crippen molar-refractivity contribution in [3.05, 3.63) is 0 Å². The van der Waals surface area contributed by atoms with Crippen molar-refractivity contribution in [1.82, 2.24) is 5.32 Å². The van der Waals surface area contributed by atoms with Crippen molar-refractivity contribution in [3.63, 3.8) is 0 Å². The molecule has 0 bridgehead atoms. The third kappa shape index (κ3) is 4.66. The summed E-state index contributed by atoms with van der Waals surface area (Å²) < 4.78 is 0. The van der Waals surface area contributed by atoms with Gasteiger partial charge in [0.15, 0.2) is 0 Å². The molecule has 1 N–H and O–H groups in total. The molecular weight excluding hydrogens is 158 g/mol. The quantitative estimate of drug-likeness (QED) is 0.639. The average molecular weight is 185 g/mol. The largest absolute Gasteiger partial charge is 0.314 e. The van der Waals surface area contributed by atoms with Gasteiger partial charge >= 0.3 is 0 Å². The summed E-state index contributed by atoms with van der Waals surface area (Å²) in [6, 6.07) is 0.620. The lowest BCUT2D eigenvalue weighted by molar-refractivity contribution is 0.219. The van der Waals surface area contributed by atoms with Crippen LogP contribution in [0.1, 0.15) is 60.3 Å². The second kappa shape index (κ2) is 6.42. The van der Waals surface area contributed by atoms with E-state index in [1.165, 1.54) is 32.2 Å². The van der Waals surface area contributed by atoms with Crippen molar-refractivity contribution in [1.29, 1.82) is 0 Å². The van der Waals surface area contributed by atoms with Crippen LogP contribution >= 0.6 is 0 Å². The van der Waals surface area contributed by atoms with E-state index in [1.807, 2.05) is 0 Å². The summed E-state index contributed by atoms with van der Waals surface area (Å²) in [7, 11) is 0. The van der Waals surface area contributed by atoms with Gasteiger partial charge in [0.05, 0.1) is 0 Å². The Hall–Kier alpha value is -0.0400. The second-order valence-corrected chi connectivity index (χ2v) is 4.49. The molecule has 0 amide bonds. The van der Waals surface area contributed by atoms with Gasteiger partial charge in [-0.2, -0.15) is 0 Å². The minimum Gasteiger partial charge on any atom is -0.314 e. The van der Waals surface area contributed by atoms with Gasteiger partial charge in [0, 0.05) is 12.6 Å². The van der Waals surface area contributed by atoms with Crippen LogP contribution in [0.25, 0.3) is 0 Å². The van der Waals surface area contributed by atoms with E-state index in [2.05, 4.69) is 39.9 Å². The molecular formula is C12H27N. The molecule has 0 radical (unpaired) electrons. The zero-order valence-corrected chi connectivity index (χ0v) is 10.1. The van der Waals surface area contributed by atoms with Gasteiger partial charge in [-0.15, -0.1) is 0 Å². The van der Waals surface area contributed by atoms with Crippen LogP contribution in [-0.4, -0.2) is 12.6 Å². The van der Waals surface area contributed by atoms with E-state index in [1.54, 1.807) is 0 Å². The second-order valence-electron chi connectivity index (χ2n) is 4.49. The molecule has 0 spiro atoms. The molecule has 0 aliphatic heterocycles. The molecule has 0 aromatic heterocycles. The van der Waals surface area contributed by atoms with E-state index in [4.69, 9.17) is 0 Å². The van der Waals surface area contributed by atoms with Crippen molar-refractivity contribution in [3.8, 4) is 0 Å². The van der Waals surface area contributed by atoms with Crippen LogP contribution in [0, 0.1) is 5.41 Å². The molecule has 80 valence electrons. The van der Waals surface area contributed by atoms with E-state index in [-0.39, 0.29) is 0 Å². The first-order valence-electron chi connectivity index (χ1n) is 5.83. The Morgan fingerprint density at radius 2 is 1.62 bits per heavy atom. The molecule has 0 saturated heterocycles. The van der Waals surface area contributed by atoms with Crippen LogP contribution < -0.4 is 5.32 Å².